The molecule has 0 radical (unpaired) electrons. The predicted molar refractivity (Wildman–Crippen MR) is 103 cm³/mol. The Morgan fingerprint density at radius 1 is 1.50 bits per heavy atom. The molecule has 2 heterocycles. The third-order valence-corrected chi connectivity index (χ3v) is 5.62. The lowest BCUT2D eigenvalue weighted by molar-refractivity contribution is -0.120. The Labute approximate surface area is 165 Å². The van der Waals surface area contributed by atoms with Crippen LogP contribution in [-0.4, -0.2) is 45.3 Å². The van der Waals surface area contributed by atoms with Gasteiger partial charge >= 0.3 is 0 Å². The zero-order chi connectivity index (χ0) is 18.7. The first-order valence-corrected chi connectivity index (χ1v) is 9.81. The van der Waals surface area contributed by atoms with Crippen molar-refractivity contribution in [1.82, 2.24) is 20.2 Å². The number of amides is 1. The van der Waals surface area contributed by atoms with Crippen LogP contribution in [0.15, 0.2) is 23.4 Å². The fourth-order valence-corrected chi connectivity index (χ4v) is 3.87. The number of nitrogens with one attached hydrogen (secondary N) is 1. The highest BCUT2D eigenvalue weighted by Crippen LogP contribution is 2.31. The summed E-state index contributed by atoms with van der Waals surface area (Å²) in [5, 5.41) is 12.0. The molecule has 2 aromatic rings. The summed E-state index contributed by atoms with van der Waals surface area (Å²) in [7, 11) is 0. The number of halogens is 2. The average molecular weight is 416 g/mol. The summed E-state index contributed by atoms with van der Waals surface area (Å²) in [4.78, 5) is 12.3. The van der Waals surface area contributed by atoms with E-state index in [2.05, 4.69) is 15.5 Å². The normalized spacial score (nSPS) is 18.0. The van der Waals surface area contributed by atoms with Crippen molar-refractivity contribution < 1.29 is 9.53 Å². The number of carbonyl (C=O) groups excluding carboxylic acids is 1. The van der Waals surface area contributed by atoms with Crippen molar-refractivity contribution in [2.45, 2.75) is 36.3 Å². The lowest BCUT2D eigenvalue weighted by Crippen LogP contribution is -2.36. The summed E-state index contributed by atoms with van der Waals surface area (Å²) in [6.07, 6.45) is 2.12. The van der Waals surface area contributed by atoms with Crippen LogP contribution >= 0.6 is 35.0 Å². The Morgan fingerprint density at radius 3 is 3.00 bits per heavy atom. The smallest absolute Gasteiger partial charge is 0.233 e. The van der Waals surface area contributed by atoms with E-state index in [-0.39, 0.29) is 17.3 Å². The van der Waals surface area contributed by atoms with Crippen LogP contribution < -0.4 is 11.2 Å². The molecule has 0 bridgehead atoms. The van der Waals surface area contributed by atoms with Crippen molar-refractivity contribution in [2.24, 2.45) is 0 Å². The minimum absolute atomic E-state index is 0.0976. The molecular formula is C16H19Cl2N5O2S. The van der Waals surface area contributed by atoms with Crippen LogP contribution in [0.3, 0.4) is 0 Å². The van der Waals surface area contributed by atoms with Gasteiger partial charge in [-0.1, -0.05) is 35.0 Å². The van der Waals surface area contributed by atoms with Gasteiger partial charge in [-0.05, 0) is 38.0 Å². The first-order valence-electron chi connectivity index (χ1n) is 8.17. The van der Waals surface area contributed by atoms with E-state index in [1.54, 1.807) is 25.1 Å². The van der Waals surface area contributed by atoms with Crippen molar-refractivity contribution >= 4 is 40.9 Å². The molecule has 3 rings (SSSR count). The number of thioether (sulfide) groups is 1. The van der Waals surface area contributed by atoms with Crippen LogP contribution in [-0.2, 0) is 9.53 Å². The number of nitrogen functional groups attached to an aromatic ring is 1. The van der Waals surface area contributed by atoms with E-state index in [1.807, 2.05) is 0 Å². The maximum atomic E-state index is 12.3. The van der Waals surface area contributed by atoms with Crippen LogP contribution in [0, 0.1) is 0 Å². The zero-order valence-corrected chi connectivity index (χ0v) is 16.4. The third-order valence-electron chi connectivity index (χ3n) is 4.02. The molecule has 7 nitrogen and oxygen atoms in total. The molecule has 10 heteroatoms. The third kappa shape index (κ3) is 4.43. The summed E-state index contributed by atoms with van der Waals surface area (Å²) >= 11 is 13.3. The number of carbonyl (C=O) groups is 1. The quantitative estimate of drug-likeness (QED) is 0.556. The molecule has 2 atom stereocenters. The van der Waals surface area contributed by atoms with Crippen molar-refractivity contribution in [2.75, 3.05) is 19.0 Å². The van der Waals surface area contributed by atoms with Gasteiger partial charge in [0.25, 0.3) is 0 Å². The highest BCUT2D eigenvalue weighted by atomic mass is 35.5. The van der Waals surface area contributed by atoms with Crippen molar-refractivity contribution in [3.8, 4) is 11.4 Å². The monoisotopic (exact) mass is 415 g/mol. The molecule has 1 saturated heterocycles. The lowest BCUT2D eigenvalue weighted by atomic mass is 10.2. The average Bonchev–Trinajstić information content (AvgIpc) is 3.24. The Balaban J connectivity index is 1.64. The van der Waals surface area contributed by atoms with Gasteiger partial charge < -0.3 is 15.9 Å². The molecule has 0 spiro atoms. The van der Waals surface area contributed by atoms with Gasteiger partial charge in [-0.3, -0.25) is 4.79 Å². The maximum Gasteiger partial charge on any atom is 0.233 e. The van der Waals surface area contributed by atoms with Crippen LogP contribution in [0.4, 0.5) is 0 Å². The number of rotatable bonds is 6. The number of hydrogen-bond acceptors (Lipinski definition) is 6. The largest absolute Gasteiger partial charge is 0.376 e. The molecule has 1 aromatic heterocycles. The van der Waals surface area contributed by atoms with Gasteiger partial charge in [0.2, 0.25) is 11.1 Å². The molecular weight excluding hydrogens is 397 g/mol. The highest BCUT2D eigenvalue weighted by molar-refractivity contribution is 8.00. The number of ether oxygens (including phenoxy) is 1. The van der Waals surface area contributed by atoms with E-state index >= 15 is 0 Å². The van der Waals surface area contributed by atoms with Gasteiger partial charge in [0.15, 0.2) is 5.82 Å². The second-order valence-corrected chi connectivity index (χ2v) is 8.09. The van der Waals surface area contributed by atoms with E-state index in [9.17, 15) is 4.79 Å². The first kappa shape index (κ1) is 19.3. The van der Waals surface area contributed by atoms with E-state index in [4.69, 9.17) is 33.8 Å². The summed E-state index contributed by atoms with van der Waals surface area (Å²) in [5.41, 5.74) is 0.619. The Bertz CT molecular complexity index is 795. The van der Waals surface area contributed by atoms with Crippen LogP contribution in [0.25, 0.3) is 11.4 Å². The number of aromatic nitrogens is 3. The topological polar surface area (TPSA) is 95.1 Å². The SMILES string of the molecule is CC(Sc1nnc(-c2ccc(Cl)cc2Cl)n1N)C(=O)NCC1CCCO1. The molecule has 1 aromatic carbocycles. The molecule has 1 aliphatic rings. The van der Waals surface area contributed by atoms with E-state index in [0.29, 0.717) is 33.1 Å². The van der Waals surface area contributed by atoms with Gasteiger partial charge in [0.1, 0.15) is 0 Å². The summed E-state index contributed by atoms with van der Waals surface area (Å²) < 4.78 is 6.83. The maximum absolute atomic E-state index is 12.3. The molecule has 3 N–H and O–H groups in total. The Morgan fingerprint density at radius 2 is 2.31 bits per heavy atom. The molecule has 1 amide bonds. The molecule has 2 unspecified atom stereocenters. The van der Waals surface area contributed by atoms with E-state index in [1.165, 1.54) is 16.4 Å². The Kier molecular flexibility index (Phi) is 6.29. The molecule has 26 heavy (non-hydrogen) atoms. The van der Waals surface area contributed by atoms with Crippen LogP contribution in [0.2, 0.25) is 10.0 Å². The minimum Gasteiger partial charge on any atom is -0.376 e. The summed E-state index contributed by atoms with van der Waals surface area (Å²) in [5.74, 6) is 6.40. The van der Waals surface area contributed by atoms with E-state index < -0.39 is 0 Å². The summed E-state index contributed by atoms with van der Waals surface area (Å²) in [6, 6.07) is 5.04. The van der Waals surface area contributed by atoms with Gasteiger partial charge in [0, 0.05) is 23.7 Å². The molecule has 1 fully saturated rings. The fourth-order valence-electron chi connectivity index (χ4n) is 2.59. The van der Waals surface area contributed by atoms with Gasteiger partial charge in [-0.15, -0.1) is 10.2 Å². The second kappa shape index (κ2) is 8.47. The predicted octanol–water partition coefficient (Wildman–Crippen LogP) is 2.74. The number of benzene rings is 1. The Hall–Kier alpha value is -1.48. The van der Waals surface area contributed by atoms with E-state index in [0.717, 1.165) is 19.4 Å². The van der Waals surface area contributed by atoms with Crippen molar-refractivity contribution in [3.63, 3.8) is 0 Å². The standard InChI is InChI=1S/C16H19Cl2N5O2S/c1-9(15(24)20-8-11-3-2-6-25-11)26-16-22-21-14(23(16)19)12-5-4-10(17)7-13(12)18/h4-5,7,9,11H,2-3,6,8,19H2,1H3,(H,20,24). The number of nitrogens with zero attached hydrogens (tertiary/aromatic N) is 3. The molecule has 1 aliphatic heterocycles. The minimum atomic E-state index is -0.378. The van der Waals surface area contributed by atoms with Crippen LogP contribution in [0.5, 0.6) is 0 Å². The fraction of sp³-hybridized carbons (Fsp3) is 0.438. The molecule has 140 valence electrons. The highest BCUT2D eigenvalue weighted by Gasteiger charge is 2.22. The lowest BCUT2D eigenvalue weighted by Gasteiger charge is -2.14. The van der Waals surface area contributed by atoms with Crippen molar-refractivity contribution in [1.29, 1.82) is 0 Å². The number of hydrogen-bond donors (Lipinski definition) is 2. The van der Waals surface area contributed by atoms with Gasteiger partial charge in [0.05, 0.1) is 16.4 Å². The van der Waals surface area contributed by atoms with Crippen molar-refractivity contribution in [3.05, 3.63) is 28.2 Å². The van der Waals surface area contributed by atoms with Crippen LogP contribution in [0.1, 0.15) is 19.8 Å². The van der Waals surface area contributed by atoms with Gasteiger partial charge in [-0.2, -0.15) is 0 Å². The molecule has 0 saturated carbocycles. The molecule has 0 aliphatic carbocycles. The second-order valence-electron chi connectivity index (χ2n) is 5.94. The zero-order valence-electron chi connectivity index (χ0n) is 14.1. The summed E-state index contributed by atoms with van der Waals surface area (Å²) in [6.45, 7) is 3.07. The van der Waals surface area contributed by atoms with Gasteiger partial charge in [-0.25, -0.2) is 4.68 Å². The first-order chi connectivity index (χ1) is 12.5. The number of nitrogens with two attached hydrogens (primary N) is 1.